The first-order chi connectivity index (χ1) is 11.2. The molecule has 1 saturated carbocycles. The SMILES string of the molecule is O=C(NCC1CCCCC1)c1nc2sc3c(c2c(=O)[nH]1)CCC3. The molecule has 2 aliphatic rings. The number of thiophene rings is 1. The molecule has 4 rings (SSSR count). The number of aromatic nitrogens is 2. The van der Waals surface area contributed by atoms with Gasteiger partial charge in [0.1, 0.15) is 4.83 Å². The average molecular weight is 331 g/mol. The van der Waals surface area contributed by atoms with Gasteiger partial charge in [-0.15, -0.1) is 11.3 Å². The molecule has 1 amide bonds. The second-order valence-electron chi connectivity index (χ2n) is 6.67. The van der Waals surface area contributed by atoms with Crippen LogP contribution >= 0.6 is 11.3 Å². The number of carbonyl (C=O) groups is 1. The second kappa shape index (κ2) is 6.07. The zero-order valence-corrected chi connectivity index (χ0v) is 13.9. The highest BCUT2D eigenvalue weighted by molar-refractivity contribution is 7.18. The zero-order chi connectivity index (χ0) is 15.8. The van der Waals surface area contributed by atoms with E-state index in [4.69, 9.17) is 0 Å². The molecular formula is C17H21N3O2S. The van der Waals surface area contributed by atoms with Gasteiger partial charge in [-0.3, -0.25) is 9.59 Å². The van der Waals surface area contributed by atoms with E-state index >= 15 is 0 Å². The monoisotopic (exact) mass is 331 g/mol. The molecule has 122 valence electrons. The normalized spacial score (nSPS) is 18.3. The van der Waals surface area contributed by atoms with Crippen molar-refractivity contribution in [2.75, 3.05) is 6.54 Å². The number of hydrogen-bond donors (Lipinski definition) is 2. The summed E-state index contributed by atoms with van der Waals surface area (Å²) in [5.74, 6) is 0.454. The zero-order valence-electron chi connectivity index (χ0n) is 13.1. The highest BCUT2D eigenvalue weighted by Crippen LogP contribution is 2.34. The van der Waals surface area contributed by atoms with E-state index in [9.17, 15) is 9.59 Å². The minimum Gasteiger partial charge on any atom is -0.349 e. The van der Waals surface area contributed by atoms with E-state index in [0.29, 0.717) is 22.7 Å². The third-order valence-electron chi connectivity index (χ3n) is 5.07. The summed E-state index contributed by atoms with van der Waals surface area (Å²) in [6, 6.07) is 0. The van der Waals surface area contributed by atoms with E-state index in [-0.39, 0.29) is 17.3 Å². The lowest BCUT2D eigenvalue weighted by Gasteiger charge is -2.21. The molecule has 2 aliphatic carbocycles. The molecule has 0 unspecified atom stereocenters. The van der Waals surface area contributed by atoms with Crippen molar-refractivity contribution >= 4 is 27.5 Å². The standard InChI is InChI=1S/C17H21N3O2S/c21-15-13-11-7-4-8-12(11)23-17(13)20-14(19-15)16(22)18-9-10-5-2-1-3-6-10/h10H,1-9H2,(H,18,22)(H,19,20,21). The minimum absolute atomic E-state index is 0.151. The van der Waals surface area contributed by atoms with Crippen molar-refractivity contribution in [2.45, 2.75) is 51.4 Å². The van der Waals surface area contributed by atoms with Gasteiger partial charge in [-0.1, -0.05) is 19.3 Å². The maximum atomic E-state index is 12.4. The van der Waals surface area contributed by atoms with Gasteiger partial charge in [0, 0.05) is 11.4 Å². The maximum absolute atomic E-state index is 12.4. The van der Waals surface area contributed by atoms with E-state index in [0.717, 1.165) is 24.8 Å². The smallest absolute Gasteiger partial charge is 0.287 e. The molecule has 1 fully saturated rings. The fraction of sp³-hybridized carbons (Fsp3) is 0.588. The van der Waals surface area contributed by atoms with Crippen LogP contribution in [0.4, 0.5) is 0 Å². The van der Waals surface area contributed by atoms with Crippen LogP contribution in [-0.2, 0) is 12.8 Å². The van der Waals surface area contributed by atoms with Crippen molar-refractivity contribution in [1.29, 1.82) is 0 Å². The Bertz CT molecular complexity index is 802. The number of fused-ring (bicyclic) bond motifs is 3. The molecule has 2 aromatic heterocycles. The molecule has 0 radical (unpaired) electrons. The van der Waals surface area contributed by atoms with Crippen LogP contribution in [-0.4, -0.2) is 22.4 Å². The quantitative estimate of drug-likeness (QED) is 0.908. The maximum Gasteiger partial charge on any atom is 0.287 e. The van der Waals surface area contributed by atoms with Crippen LogP contribution in [0.2, 0.25) is 0 Å². The van der Waals surface area contributed by atoms with Gasteiger partial charge in [0.25, 0.3) is 11.5 Å². The van der Waals surface area contributed by atoms with Crippen molar-refractivity contribution in [1.82, 2.24) is 15.3 Å². The molecule has 0 spiro atoms. The molecule has 2 heterocycles. The fourth-order valence-corrected chi connectivity index (χ4v) is 5.08. The first-order valence-electron chi connectivity index (χ1n) is 8.55. The fourth-order valence-electron chi connectivity index (χ4n) is 3.82. The number of rotatable bonds is 3. The Morgan fingerprint density at radius 2 is 2.04 bits per heavy atom. The van der Waals surface area contributed by atoms with Gasteiger partial charge >= 0.3 is 0 Å². The predicted octanol–water partition coefficient (Wildman–Crippen LogP) is 2.78. The van der Waals surface area contributed by atoms with Crippen molar-refractivity contribution in [3.8, 4) is 0 Å². The number of aryl methyl sites for hydroxylation is 2. The van der Waals surface area contributed by atoms with Crippen LogP contribution in [0.3, 0.4) is 0 Å². The highest BCUT2D eigenvalue weighted by Gasteiger charge is 2.22. The van der Waals surface area contributed by atoms with Crippen molar-refractivity contribution in [3.63, 3.8) is 0 Å². The molecule has 0 aliphatic heterocycles. The Balaban J connectivity index is 1.54. The molecule has 0 saturated heterocycles. The van der Waals surface area contributed by atoms with Crippen LogP contribution in [0.25, 0.3) is 10.2 Å². The third-order valence-corrected chi connectivity index (χ3v) is 6.25. The summed E-state index contributed by atoms with van der Waals surface area (Å²) in [6.07, 6.45) is 9.26. The summed E-state index contributed by atoms with van der Waals surface area (Å²) in [7, 11) is 0. The summed E-state index contributed by atoms with van der Waals surface area (Å²) in [5.41, 5.74) is 0.977. The van der Waals surface area contributed by atoms with Crippen LogP contribution in [0, 0.1) is 5.92 Å². The summed E-state index contributed by atoms with van der Waals surface area (Å²) >= 11 is 1.57. The van der Waals surface area contributed by atoms with Crippen LogP contribution in [0.1, 0.15) is 59.6 Å². The average Bonchev–Trinajstić information content (AvgIpc) is 3.13. The molecular weight excluding hydrogens is 310 g/mol. The first kappa shape index (κ1) is 14.9. The molecule has 2 aromatic rings. The topological polar surface area (TPSA) is 74.8 Å². The number of hydrogen-bond acceptors (Lipinski definition) is 4. The Morgan fingerprint density at radius 3 is 2.87 bits per heavy atom. The van der Waals surface area contributed by atoms with Crippen LogP contribution < -0.4 is 10.9 Å². The number of nitrogens with one attached hydrogen (secondary N) is 2. The summed E-state index contributed by atoms with van der Waals surface area (Å²) in [5, 5.41) is 3.64. The summed E-state index contributed by atoms with van der Waals surface area (Å²) < 4.78 is 0. The van der Waals surface area contributed by atoms with Gasteiger partial charge < -0.3 is 10.3 Å². The number of nitrogens with zero attached hydrogens (tertiary/aromatic N) is 1. The first-order valence-corrected chi connectivity index (χ1v) is 9.37. The molecule has 0 bridgehead atoms. The Kier molecular flexibility index (Phi) is 3.93. The predicted molar refractivity (Wildman–Crippen MR) is 91.2 cm³/mol. The second-order valence-corrected chi connectivity index (χ2v) is 7.75. The van der Waals surface area contributed by atoms with Crippen molar-refractivity contribution in [3.05, 3.63) is 26.6 Å². The van der Waals surface area contributed by atoms with Crippen LogP contribution in [0.5, 0.6) is 0 Å². The van der Waals surface area contributed by atoms with Crippen molar-refractivity contribution in [2.24, 2.45) is 5.92 Å². The third kappa shape index (κ3) is 2.80. The van der Waals surface area contributed by atoms with E-state index in [1.54, 1.807) is 11.3 Å². The van der Waals surface area contributed by atoms with E-state index in [1.165, 1.54) is 37.0 Å². The van der Waals surface area contributed by atoms with Gasteiger partial charge in [-0.05, 0) is 43.6 Å². The highest BCUT2D eigenvalue weighted by atomic mass is 32.1. The molecule has 23 heavy (non-hydrogen) atoms. The van der Waals surface area contributed by atoms with E-state index in [1.807, 2.05) is 0 Å². The van der Waals surface area contributed by atoms with Gasteiger partial charge in [0.15, 0.2) is 0 Å². The number of amides is 1. The van der Waals surface area contributed by atoms with Gasteiger partial charge in [0.05, 0.1) is 5.39 Å². The summed E-state index contributed by atoms with van der Waals surface area (Å²) in [4.78, 5) is 33.7. The van der Waals surface area contributed by atoms with E-state index in [2.05, 4.69) is 15.3 Å². The molecule has 5 nitrogen and oxygen atoms in total. The molecule has 6 heteroatoms. The van der Waals surface area contributed by atoms with Gasteiger partial charge in [0.2, 0.25) is 5.82 Å². The van der Waals surface area contributed by atoms with Crippen LogP contribution in [0.15, 0.2) is 4.79 Å². The van der Waals surface area contributed by atoms with Gasteiger partial charge in [-0.2, -0.15) is 0 Å². The Hall–Kier alpha value is -1.69. The molecule has 0 aromatic carbocycles. The van der Waals surface area contributed by atoms with Crippen molar-refractivity contribution < 1.29 is 4.79 Å². The Morgan fingerprint density at radius 1 is 1.22 bits per heavy atom. The lowest BCUT2D eigenvalue weighted by molar-refractivity contribution is 0.0933. The van der Waals surface area contributed by atoms with Gasteiger partial charge in [-0.25, -0.2) is 4.98 Å². The largest absolute Gasteiger partial charge is 0.349 e. The minimum atomic E-state index is -0.261. The van der Waals surface area contributed by atoms with E-state index < -0.39 is 0 Å². The molecule has 2 N–H and O–H groups in total. The number of carbonyl (C=O) groups excluding carboxylic acids is 1. The lowest BCUT2D eigenvalue weighted by atomic mass is 9.89. The summed E-state index contributed by atoms with van der Waals surface area (Å²) in [6.45, 7) is 0.682. The number of H-pyrrole nitrogens is 1. The molecule has 0 atom stereocenters. The Labute approximate surface area is 138 Å². The number of aromatic amines is 1. The lowest BCUT2D eigenvalue weighted by Crippen LogP contribution is -2.32.